The van der Waals surface area contributed by atoms with Crippen molar-refractivity contribution in [2.24, 2.45) is 5.73 Å². The second kappa shape index (κ2) is 5.42. The Morgan fingerprint density at radius 1 is 1.11 bits per heavy atom. The van der Waals surface area contributed by atoms with Crippen LogP contribution in [0, 0.1) is 0 Å². The summed E-state index contributed by atoms with van der Waals surface area (Å²) in [5.74, 6) is 0.0567. The van der Waals surface area contributed by atoms with Gasteiger partial charge in [-0.15, -0.1) is 0 Å². The summed E-state index contributed by atoms with van der Waals surface area (Å²) < 4.78 is 0. The summed E-state index contributed by atoms with van der Waals surface area (Å²) in [7, 11) is 1.50. The number of nitrogens with one attached hydrogen (secondary N) is 1. The number of phenolic OH excluding ortho intramolecular Hbond substituents is 2. The number of hydrogen-bond acceptors (Lipinski definition) is 4. The second-order valence-corrected chi connectivity index (χ2v) is 4.47. The third-order valence-electron chi connectivity index (χ3n) is 3.60. The van der Waals surface area contributed by atoms with Gasteiger partial charge in [-0.3, -0.25) is 0 Å². The summed E-state index contributed by atoms with van der Waals surface area (Å²) in [5.41, 5.74) is 9.35. The lowest BCUT2D eigenvalue weighted by Crippen LogP contribution is -2.26. The number of phenols is 2. The van der Waals surface area contributed by atoms with Gasteiger partial charge >= 0.3 is 0 Å². The van der Waals surface area contributed by atoms with Gasteiger partial charge in [-0.25, -0.2) is 0 Å². The van der Waals surface area contributed by atoms with Gasteiger partial charge < -0.3 is 21.3 Å². The lowest BCUT2D eigenvalue weighted by molar-refractivity contribution is 0.398. The first-order valence-electron chi connectivity index (χ1n) is 6.31. The molecule has 0 atom stereocenters. The molecule has 0 saturated carbocycles. The van der Waals surface area contributed by atoms with Gasteiger partial charge in [0, 0.05) is 12.1 Å². The summed E-state index contributed by atoms with van der Waals surface area (Å²) >= 11 is 0. The number of hydrogen-bond donors (Lipinski definition) is 4. The minimum atomic E-state index is -0.00781. The Balaban J connectivity index is 0.000000574. The Labute approximate surface area is 107 Å². The summed E-state index contributed by atoms with van der Waals surface area (Å²) in [4.78, 5) is 0. The maximum absolute atomic E-state index is 9.84. The fourth-order valence-electron chi connectivity index (χ4n) is 2.73. The Bertz CT molecular complexity index is 481. The van der Waals surface area contributed by atoms with E-state index in [-0.39, 0.29) is 11.5 Å². The van der Waals surface area contributed by atoms with Gasteiger partial charge in [0.05, 0.1) is 0 Å². The van der Waals surface area contributed by atoms with Crippen LogP contribution < -0.4 is 11.1 Å². The number of nitrogens with two attached hydrogens (primary N) is 1. The molecular formula is C14H20N2O2. The smallest absolute Gasteiger partial charge is 0.161 e. The van der Waals surface area contributed by atoms with Crippen molar-refractivity contribution >= 4 is 5.57 Å². The van der Waals surface area contributed by atoms with Crippen LogP contribution in [0.2, 0.25) is 0 Å². The van der Waals surface area contributed by atoms with Crippen LogP contribution in [0.3, 0.4) is 0 Å². The van der Waals surface area contributed by atoms with Crippen LogP contribution in [0.15, 0.2) is 17.7 Å². The summed E-state index contributed by atoms with van der Waals surface area (Å²) in [6.07, 6.45) is 2.96. The highest BCUT2D eigenvalue weighted by molar-refractivity contribution is 5.77. The van der Waals surface area contributed by atoms with Crippen LogP contribution in [0.1, 0.15) is 24.0 Å². The van der Waals surface area contributed by atoms with E-state index >= 15 is 0 Å². The molecule has 98 valence electrons. The van der Waals surface area contributed by atoms with Crippen LogP contribution >= 0.6 is 0 Å². The molecule has 0 aromatic heterocycles. The van der Waals surface area contributed by atoms with E-state index in [4.69, 9.17) is 0 Å². The zero-order valence-corrected chi connectivity index (χ0v) is 10.7. The fraction of sp³-hybridized carbons (Fsp3) is 0.429. The standard InChI is InChI=1S/C13H15NO2.CH5N/c15-12-4-3-9-10(13(12)16)2-1-8-5-6-14-7-11(8)9;1-2/h3-4,14-16H,1-2,5-7H2;2H2,1H3. The monoisotopic (exact) mass is 248 g/mol. The number of aromatic hydroxyl groups is 2. The van der Waals surface area contributed by atoms with Gasteiger partial charge in [-0.2, -0.15) is 0 Å². The minimum Gasteiger partial charge on any atom is -0.504 e. The molecule has 1 aliphatic carbocycles. The molecule has 0 radical (unpaired) electrons. The van der Waals surface area contributed by atoms with Gasteiger partial charge in [0.25, 0.3) is 0 Å². The molecule has 1 heterocycles. The highest BCUT2D eigenvalue weighted by Crippen LogP contribution is 2.41. The quantitative estimate of drug-likeness (QED) is 0.523. The first-order valence-corrected chi connectivity index (χ1v) is 6.31. The van der Waals surface area contributed by atoms with Crippen molar-refractivity contribution in [3.05, 3.63) is 28.8 Å². The van der Waals surface area contributed by atoms with Crippen LogP contribution in [0.25, 0.3) is 5.57 Å². The molecule has 0 fully saturated rings. The molecule has 3 rings (SSSR count). The van der Waals surface area contributed by atoms with Crippen LogP contribution in [0.5, 0.6) is 11.5 Å². The van der Waals surface area contributed by atoms with E-state index < -0.39 is 0 Å². The molecule has 0 bridgehead atoms. The third kappa shape index (κ3) is 2.09. The average Bonchev–Trinajstić information content (AvgIpc) is 2.44. The van der Waals surface area contributed by atoms with Crippen molar-refractivity contribution in [1.82, 2.24) is 5.32 Å². The molecule has 0 spiro atoms. The zero-order chi connectivity index (χ0) is 13.1. The summed E-state index contributed by atoms with van der Waals surface area (Å²) in [6, 6.07) is 3.50. The molecule has 1 aromatic rings. The fourth-order valence-corrected chi connectivity index (χ4v) is 2.73. The average molecular weight is 248 g/mol. The van der Waals surface area contributed by atoms with Gasteiger partial charge in [0.2, 0.25) is 0 Å². The van der Waals surface area contributed by atoms with Gasteiger partial charge in [0.15, 0.2) is 11.5 Å². The highest BCUT2D eigenvalue weighted by atomic mass is 16.3. The van der Waals surface area contributed by atoms with Crippen molar-refractivity contribution < 1.29 is 10.2 Å². The van der Waals surface area contributed by atoms with Gasteiger partial charge in [-0.05, 0) is 50.1 Å². The molecule has 4 nitrogen and oxygen atoms in total. The van der Waals surface area contributed by atoms with Crippen molar-refractivity contribution in [3.63, 3.8) is 0 Å². The lowest BCUT2D eigenvalue weighted by Gasteiger charge is -2.28. The van der Waals surface area contributed by atoms with Gasteiger partial charge in [0.1, 0.15) is 0 Å². The van der Waals surface area contributed by atoms with E-state index in [0.29, 0.717) is 0 Å². The molecule has 1 aliphatic heterocycles. The molecule has 0 saturated heterocycles. The van der Waals surface area contributed by atoms with Crippen LogP contribution in [-0.2, 0) is 6.42 Å². The molecule has 1 aromatic carbocycles. The number of benzene rings is 1. The van der Waals surface area contributed by atoms with E-state index in [9.17, 15) is 10.2 Å². The summed E-state index contributed by atoms with van der Waals surface area (Å²) in [6.45, 7) is 1.94. The molecule has 2 aliphatic rings. The van der Waals surface area contributed by atoms with E-state index in [2.05, 4.69) is 11.1 Å². The predicted molar refractivity (Wildman–Crippen MR) is 72.6 cm³/mol. The maximum atomic E-state index is 9.84. The zero-order valence-electron chi connectivity index (χ0n) is 10.7. The van der Waals surface area contributed by atoms with Crippen molar-refractivity contribution in [1.29, 1.82) is 0 Å². The highest BCUT2D eigenvalue weighted by Gasteiger charge is 2.24. The second-order valence-electron chi connectivity index (χ2n) is 4.47. The lowest BCUT2D eigenvalue weighted by atomic mass is 9.82. The topological polar surface area (TPSA) is 78.5 Å². The Morgan fingerprint density at radius 2 is 1.89 bits per heavy atom. The maximum Gasteiger partial charge on any atom is 0.161 e. The molecule has 0 amide bonds. The van der Waals surface area contributed by atoms with Gasteiger partial charge in [-0.1, -0.05) is 11.6 Å². The number of fused-ring (bicyclic) bond motifs is 2. The third-order valence-corrected chi connectivity index (χ3v) is 3.60. The molecule has 5 N–H and O–H groups in total. The molecular weight excluding hydrogens is 228 g/mol. The first-order chi connectivity index (χ1) is 8.77. The van der Waals surface area contributed by atoms with E-state index in [1.807, 2.05) is 6.07 Å². The Morgan fingerprint density at radius 3 is 2.67 bits per heavy atom. The normalized spacial score (nSPS) is 17.4. The minimum absolute atomic E-state index is 0.00781. The number of rotatable bonds is 0. The molecule has 18 heavy (non-hydrogen) atoms. The van der Waals surface area contributed by atoms with E-state index in [0.717, 1.165) is 43.5 Å². The molecule has 4 heteroatoms. The van der Waals surface area contributed by atoms with Crippen molar-refractivity contribution in [2.75, 3.05) is 20.1 Å². The molecule has 0 unspecified atom stereocenters. The Hall–Kier alpha value is -1.52. The van der Waals surface area contributed by atoms with Crippen molar-refractivity contribution in [3.8, 4) is 11.5 Å². The Kier molecular flexibility index (Phi) is 3.89. The van der Waals surface area contributed by atoms with E-state index in [1.165, 1.54) is 18.2 Å². The van der Waals surface area contributed by atoms with Crippen LogP contribution in [0.4, 0.5) is 0 Å². The SMILES string of the molecule is CN.Oc1ccc2c(c1O)CCC1=C2CNCC1. The largest absolute Gasteiger partial charge is 0.504 e. The van der Waals surface area contributed by atoms with Crippen LogP contribution in [-0.4, -0.2) is 30.4 Å². The predicted octanol–water partition coefficient (Wildman–Crippen LogP) is 1.37. The van der Waals surface area contributed by atoms with E-state index in [1.54, 1.807) is 6.07 Å². The van der Waals surface area contributed by atoms with Crippen molar-refractivity contribution in [2.45, 2.75) is 19.3 Å². The first kappa shape index (κ1) is 12.9. The summed E-state index contributed by atoms with van der Waals surface area (Å²) in [5, 5.41) is 22.7.